The van der Waals surface area contributed by atoms with Crippen LogP contribution in [0.3, 0.4) is 0 Å². The highest BCUT2D eigenvalue weighted by molar-refractivity contribution is 5.15. The first kappa shape index (κ1) is 20.4. The molecule has 1 aromatic rings. The number of ether oxygens (including phenoxy) is 1. The molecule has 1 aliphatic rings. The number of quaternary nitrogens is 2. The fraction of sp³-hybridized carbons (Fsp3) is 0.727. The lowest BCUT2D eigenvalue weighted by Crippen LogP contribution is -3.06. The van der Waals surface area contributed by atoms with Crippen LogP contribution in [0.15, 0.2) is 30.3 Å². The predicted molar refractivity (Wildman–Crippen MR) is 105 cm³/mol. The summed E-state index contributed by atoms with van der Waals surface area (Å²) in [6.45, 7) is 9.25. The number of nitrogens with two attached hydrogens (primary N) is 1. The van der Waals surface area contributed by atoms with E-state index in [1.807, 2.05) is 0 Å². The average molecular weight is 349 g/mol. The van der Waals surface area contributed by atoms with Crippen LogP contribution >= 0.6 is 0 Å². The van der Waals surface area contributed by atoms with Crippen LogP contribution < -0.4 is 10.2 Å². The van der Waals surface area contributed by atoms with Crippen molar-refractivity contribution in [2.45, 2.75) is 51.6 Å². The normalized spacial score (nSPS) is 21.4. The molecule has 3 N–H and O–H groups in total. The number of benzene rings is 1. The van der Waals surface area contributed by atoms with Crippen molar-refractivity contribution in [3.63, 3.8) is 0 Å². The molecule has 142 valence electrons. The molecule has 1 saturated heterocycles. The first-order chi connectivity index (χ1) is 12.0. The Kier molecular flexibility index (Phi) is 8.41. The van der Waals surface area contributed by atoms with Crippen LogP contribution in [0.1, 0.15) is 45.1 Å². The minimum absolute atomic E-state index is 0.0516. The highest BCUT2D eigenvalue weighted by atomic mass is 16.5. The van der Waals surface area contributed by atoms with Gasteiger partial charge in [0.2, 0.25) is 0 Å². The van der Waals surface area contributed by atoms with Gasteiger partial charge in [0.25, 0.3) is 0 Å². The van der Waals surface area contributed by atoms with Crippen molar-refractivity contribution in [3.05, 3.63) is 35.9 Å². The zero-order valence-electron chi connectivity index (χ0n) is 16.9. The lowest BCUT2D eigenvalue weighted by molar-refractivity contribution is -0.860. The van der Waals surface area contributed by atoms with Gasteiger partial charge in [-0.05, 0) is 56.9 Å². The Labute approximate surface area is 155 Å². The maximum absolute atomic E-state index is 5.97. The minimum atomic E-state index is 0.0516. The molecule has 0 unspecified atom stereocenters. The van der Waals surface area contributed by atoms with Crippen molar-refractivity contribution < 1.29 is 15.0 Å². The summed E-state index contributed by atoms with van der Waals surface area (Å²) in [7, 11) is 4.48. The molecule has 0 saturated carbocycles. The third kappa shape index (κ3) is 7.89. The van der Waals surface area contributed by atoms with Gasteiger partial charge in [-0.1, -0.05) is 30.3 Å². The molecule has 0 aliphatic carbocycles. The minimum Gasteiger partial charge on any atom is -0.376 e. The molecular weight excluding hydrogens is 308 g/mol. The maximum atomic E-state index is 5.97. The third-order valence-corrected chi connectivity index (χ3v) is 5.57. The van der Waals surface area contributed by atoms with Crippen LogP contribution in [0.5, 0.6) is 0 Å². The molecule has 0 amide bonds. The summed E-state index contributed by atoms with van der Waals surface area (Å²) in [5.41, 5.74) is 1.55. The first-order valence-corrected chi connectivity index (χ1v) is 10.2. The third-order valence-electron chi connectivity index (χ3n) is 5.57. The molecule has 0 radical (unpaired) electrons. The molecule has 0 bridgehead atoms. The van der Waals surface area contributed by atoms with Crippen LogP contribution in [0.4, 0.5) is 0 Å². The van der Waals surface area contributed by atoms with E-state index in [2.05, 4.69) is 63.6 Å². The molecule has 2 atom stereocenters. The number of rotatable bonds is 10. The lowest BCUT2D eigenvalue weighted by atomic mass is 9.75. The second kappa shape index (κ2) is 10.3. The van der Waals surface area contributed by atoms with Crippen LogP contribution in [0, 0.1) is 11.8 Å². The monoisotopic (exact) mass is 348 g/mol. The molecule has 25 heavy (non-hydrogen) atoms. The van der Waals surface area contributed by atoms with Gasteiger partial charge in [0.15, 0.2) is 0 Å². The van der Waals surface area contributed by atoms with Crippen molar-refractivity contribution >= 4 is 0 Å². The molecule has 0 aromatic heterocycles. The van der Waals surface area contributed by atoms with E-state index in [4.69, 9.17) is 4.74 Å². The maximum Gasteiger partial charge on any atom is 0.0821 e. The quantitative estimate of drug-likeness (QED) is 0.617. The zero-order chi connectivity index (χ0) is 18.1. The lowest BCUT2D eigenvalue weighted by Gasteiger charge is -2.39. The molecule has 3 nitrogen and oxygen atoms in total. The molecule has 2 rings (SSSR count). The Morgan fingerprint density at radius 2 is 1.96 bits per heavy atom. The Morgan fingerprint density at radius 3 is 2.64 bits per heavy atom. The summed E-state index contributed by atoms with van der Waals surface area (Å²) in [5.74, 6) is 1.57. The fourth-order valence-electron chi connectivity index (χ4n) is 4.18. The van der Waals surface area contributed by atoms with Crippen molar-refractivity contribution in [1.29, 1.82) is 0 Å². The summed E-state index contributed by atoms with van der Waals surface area (Å²) in [4.78, 5) is 1.56. The van der Waals surface area contributed by atoms with Gasteiger partial charge in [0.1, 0.15) is 0 Å². The molecule has 3 heteroatoms. The molecule has 0 spiro atoms. The second-order valence-corrected chi connectivity index (χ2v) is 8.78. The van der Waals surface area contributed by atoms with Gasteiger partial charge in [-0.2, -0.15) is 0 Å². The highest BCUT2D eigenvalue weighted by Crippen LogP contribution is 2.36. The molecule has 1 aliphatic heterocycles. The first-order valence-electron chi connectivity index (χ1n) is 10.2. The molecule has 1 fully saturated rings. The number of hydrogen-bond acceptors (Lipinski definition) is 1. The summed E-state index contributed by atoms with van der Waals surface area (Å²) in [6, 6.07) is 11.1. The van der Waals surface area contributed by atoms with Crippen molar-refractivity contribution in [3.8, 4) is 0 Å². The van der Waals surface area contributed by atoms with E-state index in [0.29, 0.717) is 0 Å². The molecular formula is C22H40N2O+2. The second-order valence-electron chi connectivity index (χ2n) is 8.78. The van der Waals surface area contributed by atoms with Crippen molar-refractivity contribution in [2.24, 2.45) is 11.8 Å². The van der Waals surface area contributed by atoms with Crippen LogP contribution in [0.2, 0.25) is 0 Å². The van der Waals surface area contributed by atoms with E-state index in [0.717, 1.165) is 18.4 Å². The van der Waals surface area contributed by atoms with Gasteiger partial charge in [0.05, 0.1) is 39.3 Å². The standard InChI is InChI=1S/C22H38N2O/c1-22(2)18-21(12-16-25-22)20(17-19-9-6-5-7-10-19)11-14-23-13-8-15-24(3)4/h5-7,9-10,20-21,23H,8,11-18H2,1-4H3/p+2/t20-,21-/m1/s1. The Morgan fingerprint density at radius 1 is 1.20 bits per heavy atom. The van der Waals surface area contributed by atoms with Gasteiger partial charge in [-0.3, -0.25) is 0 Å². The summed E-state index contributed by atoms with van der Waals surface area (Å²) >= 11 is 0. The van der Waals surface area contributed by atoms with E-state index in [1.54, 1.807) is 4.90 Å². The van der Waals surface area contributed by atoms with Gasteiger partial charge >= 0.3 is 0 Å². The topological polar surface area (TPSA) is 30.3 Å². The van der Waals surface area contributed by atoms with E-state index >= 15 is 0 Å². The van der Waals surface area contributed by atoms with Crippen LogP contribution in [0.25, 0.3) is 0 Å². The average Bonchev–Trinajstić information content (AvgIpc) is 2.56. The largest absolute Gasteiger partial charge is 0.376 e. The smallest absolute Gasteiger partial charge is 0.0821 e. The fourth-order valence-corrected chi connectivity index (χ4v) is 4.18. The van der Waals surface area contributed by atoms with Gasteiger partial charge in [-0.15, -0.1) is 0 Å². The van der Waals surface area contributed by atoms with Crippen molar-refractivity contribution in [2.75, 3.05) is 40.3 Å². The summed E-state index contributed by atoms with van der Waals surface area (Å²) < 4.78 is 5.97. The summed E-state index contributed by atoms with van der Waals surface area (Å²) in [5, 5.41) is 2.53. The van der Waals surface area contributed by atoms with E-state index in [1.165, 1.54) is 57.3 Å². The van der Waals surface area contributed by atoms with Gasteiger partial charge in [-0.25, -0.2) is 0 Å². The van der Waals surface area contributed by atoms with Crippen LogP contribution in [-0.2, 0) is 11.2 Å². The number of nitrogens with one attached hydrogen (secondary N) is 1. The van der Waals surface area contributed by atoms with Gasteiger partial charge in [0, 0.05) is 13.0 Å². The van der Waals surface area contributed by atoms with E-state index in [9.17, 15) is 0 Å². The predicted octanol–water partition coefficient (Wildman–Crippen LogP) is 1.54. The Hall–Kier alpha value is -0.900. The van der Waals surface area contributed by atoms with Crippen LogP contribution in [-0.4, -0.2) is 45.9 Å². The molecule has 1 aromatic carbocycles. The Balaban J connectivity index is 1.86. The Bertz CT molecular complexity index is 472. The molecule has 1 heterocycles. The summed E-state index contributed by atoms with van der Waals surface area (Å²) in [6.07, 6.45) is 6.29. The van der Waals surface area contributed by atoms with E-state index in [-0.39, 0.29) is 5.60 Å². The van der Waals surface area contributed by atoms with Gasteiger partial charge < -0.3 is 15.0 Å². The number of hydrogen-bond donors (Lipinski definition) is 2. The SMILES string of the molecule is C[NH+](C)CCC[NH2+]CC[C@H](Cc1ccccc1)[C@@H]1CCOC(C)(C)C1. The highest BCUT2D eigenvalue weighted by Gasteiger charge is 2.33. The zero-order valence-corrected chi connectivity index (χ0v) is 16.9. The van der Waals surface area contributed by atoms with E-state index < -0.39 is 0 Å². The van der Waals surface area contributed by atoms with Crippen molar-refractivity contribution in [1.82, 2.24) is 0 Å².